The average Bonchev–Trinajstić information content (AvgIpc) is 3.08. The third-order valence-electron chi connectivity index (χ3n) is 4.62. The first-order valence-corrected chi connectivity index (χ1v) is 8.95. The molecule has 1 fully saturated rings. The second-order valence-electron chi connectivity index (χ2n) is 5.84. The lowest BCUT2D eigenvalue weighted by Crippen LogP contribution is -2.35. The van der Waals surface area contributed by atoms with E-state index in [0.29, 0.717) is 23.4 Å². The Morgan fingerprint density at radius 3 is 2.77 bits per heavy atom. The topological polar surface area (TPSA) is 57.7 Å². The van der Waals surface area contributed by atoms with Gasteiger partial charge in [0.1, 0.15) is 0 Å². The van der Waals surface area contributed by atoms with Gasteiger partial charge in [-0.15, -0.1) is 0 Å². The maximum atomic E-state index is 12.9. The van der Waals surface area contributed by atoms with Crippen LogP contribution in [-0.4, -0.2) is 38.3 Å². The minimum Gasteiger partial charge on any atom is -0.311 e. The standard InChI is InChI=1S/C16H20N2O3S/c1-4-12-6-5-9-18(12)22(20,21)13-7-8-15-14(10-13)11(2)16(19)17(15)3/h7-8,10,12H,2,4-6,9H2,1,3H3/t12-/m1/s1. The van der Waals surface area contributed by atoms with E-state index in [9.17, 15) is 13.2 Å². The number of fused-ring (bicyclic) bond motifs is 1. The summed E-state index contributed by atoms with van der Waals surface area (Å²) in [6, 6.07) is 4.93. The van der Waals surface area contributed by atoms with Crippen LogP contribution < -0.4 is 4.90 Å². The number of carbonyl (C=O) groups excluding carboxylic acids is 1. The van der Waals surface area contributed by atoms with Crippen LogP contribution in [-0.2, 0) is 14.8 Å². The Balaban J connectivity index is 2.04. The molecule has 1 saturated heterocycles. The molecule has 1 aromatic carbocycles. The number of anilines is 1. The lowest BCUT2D eigenvalue weighted by Gasteiger charge is -2.23. The van der Waals surface area contributed by atoms with Gasteiger partial charge in [-0.1, -0.05) is 13.5 Å². The highest BCUT2D eigenvalue weighted by atomic mass is 32.2. The van der Waals surface area contributed by atoms with Crippen molar-refractivity contribution in [3.63, 3.8) is 0 Å². The summed E-state index contributed by atoms with van der Waals surface area (Å²) >= 11 is 0. The molecule has 2 heterocycles. The summed E-state index contributed by atoms with van der Waals surface area (Å²) in [7, 11) is -1.85. The zero-order valence-corrected chi connectivity index (χ0v) is 13.7. The van der Waals surface area contributed by atoms with Crippen molar-refractivity contribution in [1.82, 2.24) is 4.31 Å². The van der Waals surface area contributed by atoms with Crippen LogP contribution in [0, 0.1) is 0 Å². The quantitative estimate of drug-likeness (QED) is 0.803. The number of carbonyl (C=O) groups is 1. The summed E-state index contributed by atoms with van der Waals surface area (Å²) < 4.78 is 27.3. The molecule has 0 unspecified atom stereocenters. The molecule has 0 aromatic heterocycles. The lowest BCUT2D eigenvalue weighted by atomic mass is 10.1. The van der Waals surface area contributed by atoms with Crippen LogP contribution in [0.25, 0.3) is 5.57 Å². The maximum absolute atomic E-state index is 12.9. The number of sulfonamides is 1. The van der Waals surface area contributed by atoms with Gasteiger partial charge in [0.05, 0.1) is 10.6 Å². The van der Waals surface area contributed by atoms with Crippen molar-refractivity contribution in [3.8, 4) is 0 Å². The van der Waals surface area contributed by atoms with Crippen LogP contribution in [0.1, 0.15) is 31.7 Å². The van der Waals surface area contributed by atoms with Crippen LogP contribution in [0.3, 0.4) is 0 Å². The lowest BCUT2D eigenvalue weighted by molar-refractivity contribution is -0.112. The molecular weight excluding hydrogens is 300 g/mol. The summed E-state index contributed by atoms with van der Waals surface area (Å²) in [5, 5.41) is 0. The Kier molecular flexibility index (Phi) is 3.61. The fourth-order valence-corrected chi connectivity index (χ4v) is 5.10. The van der Waals surface area contributed by atoms with E-state index in [1.54, 1.807) is 29.6 Å². The van der Waals surface area contributed by atoms with E-state index < -0.39 is 10.0 Å². The molecule has 2 aliphatic heterocycles. The number of amides is 1. The molecule has 118 valence electrons. The number of likely N-dealkylation sites (N-methyl/N-ethyl adjacent to an activating group) is 1. The van der Waals surface area contributed by atoms with Gasteiger partial charge in [0.2, 0.25) is 10.0 Å². The predicted molar refractivity (Wildman–Crippen MR) is 86.1 cm³/mol. The molecule has 1 atom stereocenters. The number of benzene rings is 1. The first-order valence-electron chi connectivity index (χ1n) is 7.51. The molecule has 0 spiro atoms. The van der Waals surface area contributed by atoms with E-state index >= 15 is 0 Å². The highest BCUT2D eigenvalue weighted by molar-refractivity contribution is 7.89. The molecule has 6 heteroatoms. The van der Waals surface area contributed by atoms with Gasteiger partial charge in [0.25, 0.3) is 5.91 Å². The Bertz CT molecular complexity index is 755. The summed E-state index contributed by atoms with van der Waals surface area (Å²) in [6.45, 7) is 6.36. The van der Waals surface area contributed by atoms with Crippen molar-refractivity contribution >= 4 is 27.2 Å². The molecular formula is C16H20N2O3S. The smallest absolute Gasteiger partial charge is 0.258 e. The van der Waals surface area contributed by atoms with Gasteiger partial charge in [-0.2, -0.15) is 4.31 Å². The van der Waals surface area contributed by atoms with Gasteiger partial charge < -0.3 is 4.90 Å². The zero-order valence-electron chi connectivity index (χ0n) is 12.9. The summed E-state index contributed by atoms with van der Waals surface area (Å²) in [4.78, 5) is 13.7. The first kappa shape index (κ1) is 15.2. The van der Waals surface area contributed by atoms with E-state index in [1.807, 2.05) is 6.92 Å². The molecule has 0 radical (unpaired) electrons. The summed E-state index contributed by atoms with van der Waals surface area (Å²) in [5.41, 5.74) is 1.67. The third kappa shape index (κ3) is 2.09. The molecule has 0 aliphatic carbocycles. The largest absolute Gasteiger partial charge is 0.311 e. The van der Waals surface area contributed by atoms with Gasteiger partial charge in [-0.25, -0.2) is 8.42 Å². The van der Waals surface area contributed by atoms with Crippen molar-refractivity contribution in [3.05, 3.63) is 30.3 Å². The molecule has 1 amide bonds. The SMILES string of the molecule is C=C1C(=O)N(C)c2ccc(S(=O)(=O)N3CCC[C@H]3CC)cc21. The Morgan fingerprint density at radius 1 is 1.36 bits per heavy atom. The van der Waals surface area contributed by atoms with E-state index in [4.69, 9.17) is 0 Å². The summed E-state index contributed by atoms with van der Waals surface area (Å²) in [5.74, 6) is -0.183. The van der Waals surface area contributed by atoms with Crippen LogP contribution in [0.4, 0.5) is 5.69 Å². The molecule has 2 aliphatic rings. The number of nitrogens with zero attached hydrogens (tertiary/aromatic N) is 2. The highest BCUT2D eigenvalue weighted by Gasteiger charge is 2.36. The van der Waals surface area contributed by atoms with Gasteiger partial charge in [0.15, 0.2) is 0 Å². The first-order chi connectivity index (χ1) is 10.4. The normalized spacial score (nSPS) is 22.5. The van der Waals surface area contributed by atoms with E-state index in [-0.39, 0.29) is 16.8 Å². The van der Waals surface area contributed by atoms with Gasteiger partial charge >= 0.3 is 0 Å². The monoisotopic (exact) mass is 320 g/mol. The van der Waals surface area contributed by atoms with Crippen LogP contribution in [0.15, 0.2) is 29.7 Å². The molecule has 5 nitrogen and oxygen atoms in total. The van der Waals surface area contributed by atoms with E-state index in [0.717, 1.165) is 19.3 Å². The second-order valence-corrected chi connectivity index (χ2v) is 7.73. The molecule has 1 aromatic rings. The fourth-order valence-electron chi connectivity index (χ4n) is 3.31. The maximum Gasteiger partial charge on any atom is 0.258 e. The average molecular weight is 320 g/mol. The minimum atomic E-state index is -3.52. The van der Waals surface area contributed by atoms with Gasteiger partial charge in [0, 0.05) is 30.8 Å². The van der Waals surface area contributed by atoms with E-state index in [1.165, 1.54) is 4.90 Å². The van der Waals surface area contributed by atoms with Crippen molar-refractivity contribution in [1.29, 1.82) is 0 Å². The third-order valence-corrected chi connectivity index (χ3v) is 6.57. The molecule has 0 N–H and O–H groups in total. The van der Waals surface area contributed by atoms with Gasteiger partial charge in [-0.3, -0.25) is 4.79 Å². The van der Waals surface area contributed by atoms with Crippen LogP contribution in [0.5, 0.6) is 0 Å². The van der Waals surface area contributed by atoms with Crippen LogP contribution >= 0.6 is 0 Å². The minimum absolute atomic E-state index is 0.0748. The molecule has 3 rings (SSSR count). The van der Waals surface area contributed by atoms with E-state index in [2.05, 4.69) is 6.58 Å². The molecule has 22 heavy (non-hydrogen) atoms. The van der Waals surface area contributed by atoms with Crippen LogP contribution in [0.2, 0.25) is 0 Å². The van der Waals surface area contributed by atoms with Gasteiger partial charge in [-0.05, 0) is 37.5 Å². The summed E-state index contributed by atoms with van der Waals surface area (Å²) in [6.07, 6.45) is 2.63. The number of rotatable bonds is 3. The number of hydrogen-bond acceptors (Lipinski definition) is 3. The number of hydrogen-bond donors (Lipinski definition) is 0. The second kappa shape index (κ2) is 5.21. The zero-order chi connectivity index (χ0) is 16.1. The van der Waals surface area contributed by atoms with Crippen molar-refractivity contribution in [2.24, 2.45) is 0 Å². The van der Waals surface area contributed by atoms with Crippen molar-refractivity contribution in [2.75, 3.05) is 18.5 Å². The Morgan fingerprint density at radius 2 is 2.09 bits per heavy atom. The highest BCUT2D eigenvalue weighted by Crippen LogP contribution is 2.37. The Hall–Kier alpha value is -1.66. The predicted octanol–water partition coefficient (Wildman–Crippen LogP) is 2.24. The fraction of sp³-hybridized carbons (Fsp3) is 0.438. The molecule has 0 saturated carbocycles. The molecule has 0 bridgehead atoms. The van der Waals surface area contributed by atoms with Crippen molar-refractivity contribution < 1.29 is 13.2 Å². The van der Waals surface area contributed by atoms with Crippen molar-refractivity contribution in [2.45, 2.75) is 37.1 Å². The Labute approximate surface area is 131 Å².